The van der Waals surface area contributed by atoms with Crippen molar-refractivity contribution in [1.82, 2.24) is 19.4 Å². The third-order valence-electron chi connectivity index (χ3n) is 7.92. The molecule has 3 aliphatic carbocycles. The van der Waals surface area contributed by atoms with Crippen LogP contribution >= 0.6 is 0 Å². The number of nitrogens with zero attached hydrogens (tertiary/aromatic N) is 4. The molecule has 0 spiro atoms. The molecule has 11 heteroatoms. The molecule has 2 atom stereocenters. The largest absolute Gasteiger partial charge is 0.573 e. The summed E-state index contributed by atoms with van der Waals surface area (Å²) in [6.07, 6.45) is 2.83. The zero-order valence-corrected chi connectivity index (χ0v) is 18.8. The van der Waals surface area contributed by atoms with Crippen LogP contribution < -0.4 is 10.5 Å². The van der Waals surface area contributed by atoms with E-state index in [1.807, 2.05) is 6.20 Å². The van der Waals surface area contributed by atoms with Gasteiger partial charge in [0.25, 0.3) is 0 Å². The Morgan fingerprint density at radius 2 is 1.91 bits per heavy atom. The van der Waals surface area contributed by atoms with E-state index < -0.39 is 12.1 Å². The van der Waals surface area contributed by atoms with E-state index in [0.717, 1.165) is 45.0 Å². The molecule has 2 N–H and O–H groups in total. The van der Waals surface area contributed by atoms with Crippen LogP contribution in [0.3, 0.4) is 0 Å². The molecule has 2 aliphatic heterocycles. The summed E-state index contributed by atoms with van der Waals surface area (Å²) in [5, 5.41) is 0. The van der Waals surface area contributed by atoms with Gasteiger partial charge in [0.1, 0.15) is 5.82 Å². The first kappa shape index (κ1) is 22.1. The number of aromatic nitrogens is 3. The van der Waals surface area contributed by atoms with Gasteiger partial charge in [-0.2, -0.15) is 0 Å². The van der Waals surface area contributed by atoms with Crippen LogP contribution in [0.25, 0.3) is 11.3 Å². The lowest BCUT2D eigenvalue weighted by atomic mass is 9.75. The second kappa shape index (κ2) is 8.10. The maximum Gasteiger partial charge on any atom is 0.573 e. The summed E-state index contributed by atoms with van der Waals surface area (Å²) in [5.41, 5.74) is 6.87. The van der Waals surface area contributed by atoms with Crippen LogP contribution in [-0.4, -0.2) is 70.9 Å². The first-order chi connectivity index (χ1) is 16.3. The van der Waals surface area contributed by atoms with E-state index in [0.29, 0.717) is 36.4 Å². The van der Waals surface area contributed by atoms with Gasteiger partial charge in [0.15, 0.2) is 11.6 Å². The Morgan fingerprint density at radius 3 is 2.62 bits per heavy atom. The Morgan fingerprint density at radius 1 is 1.12 bits per heavy atom. The number of rotatable bonds is 5. The van der Waals surface area contributed by atoms with Crippen LogP contribution in [0.5, 0.6) is 5.75 Å². The summed E-state index contributed by atoms with van der Waals surface area (Å²) in [5.74, 6) is 0.851. The fourth-order valence-corrected chi connectivity index (χ4v) is 6.32. The van der Waals surface area contributed by atoms with Gasteiger partial charge in [0, 0.05) is 55.2 Å². The molecule has 2 aromatic rings. The Labute approximate surface area is 195 Å². The second-order valence-electron chi connectivity index (χ2n) is 9.87. The first-order valence-corrected chi connectivity index (χ1v) is 11.8. The maximum atomic E-state index is 12.8. The number of pyridine rings is 1. The number of anilines is 1. The van der Waals surface area contributed by atoms with Crippen molar-refractivity contribution in [2.45, 2.75) is 49.5 Å². The molecular weight excluding hydrogens is 451 g/mol. The van der Waals surface area contributed by atoms with E-state index >= 15 is 0 Å². The monoisotopic (exact) mass is 479 g/mol. The minimum absolute atomic E-state index is 0.165. The molecule has 34 heavy (non-hydrogen) atoms. The molecule has 5 aliphatic rings. The van der Waals surface area contributed by atoms with Gasteiger partial charge in [0.2, 0.25) is 0 Å². The summed E-state index contributed by atoms with van der Waals surface area (Å²) in [7, 11) is 0. The summed E-state index contributed by atoms with van der Waals surface area (Å²) in [4.78, 5) is 11.4. The van der Waals surface area contributed by atoms with E-state index in [4.69, 9.17) is 20.2 Å². The lowest BCUT2D eigenvalue weighted by Crippen LogP contribution is -2.56. The number of alkyl halides is 3. The first-order valence-electron chi connectivity index (χ1n) is 11.8. The number of halogens is 3. The van der Waals surface area contributed by atoms with Gasteiger partial charge < -0.3 is 24.5 Å². The Balaban J connectivity index is 1.32. The van der Waals surface area contributed by atoms with E-state index in [2.05, 4.69) is 19.2 Å². The number of imidazole rings is 1. The number of nitrogens with two attached hydrogens (primary N) is 1. The molecule has 0 radical (unpaired) electrons. The highest BCUT2D eigenvalue weighted by Crippen LogP contribution is 2.61. The topological polar surface area (TPSA) is 87.7 Å². The van der Waals surface area contributed by atoms with Gasteiger partial charge in [-0.1, -0.05) is 0 Å². The normalized spacial score (nSPS) is 31.6. The lowest BCUT2D eigenvalue weighted by molar-refractivity contribution is -0.274. The summed E-state index contributed by atoms with van der Waals surface area (Å²) >= 11 is 0. The fraction of sp³-hybridized carbons (Fsp3) is 0.652. The number of nitrogen functional groups attached to an aromatic ring is 1. The molecule has 2 aromatic heterocycles. The third kappa shape index (κ3) is 3.83. The van der Waals surface area contributed by atoms with E-state index in [1.54, 1.807) is 0 Å². The van der Waals surface area contributed by atoms with Crippen molar-refractivity contribution >= 4 is 5.82 Å². The average molecular weight is 480 g/mol. The SMILES string of the molecule is Nc1ncc(-c2cn(C3CC4(N5CCOCC5)CC3C4)c(C3CCOC3)n2)cc1OC(F)(F)F. The third-order valence-corrected chi connectivity index (χ3v) is 7.92. The van der Waals surface area contributed by atoms with Crippen LogP contribution in [0.15, 0.2) is 18.5 Å². The minimum Gasteiger partial charge on any atom is -0.402 e. The van der Waals surface area contributed by atoms with E-state index in [9.17, 15) is 13.2 Å². The minimum atomic E-state index is -4.85. The summed E-state index contributed by atoms with van der Waals surface area (Å²) in [6, 6.07) is 1.58. The highest BCUT2D eigenvalue weighted by atomic mass is 19.4. The van der Waals surface area contributed by atoms with Crippen molar-refractivity contribution in [2.24, 2.45) is 5.92 Å². The van der Waals surface area contributed by atoms with Crippen molar-refractivity contribution in [3.8, 4) is 17.0 Å². The average Bonchev–Trinajstić information content (AvgIpc) is 3.56. The predicted octanol–water partition coefficient (Wildman–Crippen LogP) is 3.36. The Kier molecular flexibility index (Phi) is 5.27. The number of hydrogen-bond donors (Lipinski definition) is 1. The molecule has 8 nitrogen and oxygen atoms in total. The van der Waals surface area contributed by atoms with Gasteiger partial charge in [-0.15, -0.1) is 13.2 Å². The molecule has 2 bridgehead atoms. The van der Waals surface area contributed by atoms with Crippen LogP contribution in [0.4, 0.5) is 19.0 Å². The lowest BCUT2D eigenvalue weighted by Gasteiger charge is -2.49. The molecule has 3 saturated carbocycles. The smallest absolute Gasteiger partial charge is 0.402 e. The van der Waals surface area contributed by atoms with Gasteiger partial charge in [-0.25, -0.2) is 9.97 Å². The molecule has 7 rings (SSSR count). The van der Waals surface area contributed by atoms with Crippen molar-refractivity contribution in [3.63, 3.8) is 0 Å². The zero-order chi connectivity index (χ0) is 23.5. The van der Waals surface area contributed by atoms with Crippen LogP contribution in [0.1, 0.15) is 43.5 Å². The fourth-order valence-electron chi connectivity index (χ4n) is 6.32. The predicted molar refractivity (Wildman–Crippen MR) is 116 cm³/mol. The second-order valence-corrected chi connectivity index (χ2v) is 9.87. The molecular formula is C23H28F3N5O3. The molecule has 0 amide bonds. The number of fused-ring (bicyclic) bond motifs is 1. The molecule has 2 saturated heterocycles. The molecule has 5 fully saturated rings. The van der Waals surface area contributed by atoms with Crippen molar-refractivity contribution in [3.05, 3.63) is 24.3 Å². The summed E-state index contributed by atoms with van der Waals surface area (Å²) < 4.78 is 56.0. The van der Waals surface area contributed by atoms with Crippen LogP contribution in [0.2, 0.25) is 0 Å². The van der Waals surface area contributed by atoms with E-state index in [1.165, 1.54) is 25.1 Å². The van der Waals surface area contributed by atoms with Crippen LogP contribution in [-0.2, 0) is 9.47 Å². The van der Waals surface area contributed by atoms with Crippen molar-refractivity contribution in [1.29, 1.82) is 0 Å². The molecule has 184 valence electrons. The Hall–Kier alpha value is -2.37. The number of ether oxygens (including phenoxy) is 3. The van der Waals surface area contributed by atoms with Crippen molar-refractivity contribution < 1.29 is 27.4 Å². The van der Waals surface area contributed by atoms with E-state index in [-0.39, 0.29) is 17.3 Å². The highest BCUT2D eigenvalue weighted by Gasteiger charge is 2.59. The number of hydrogen-bond acceptors (Lipinski definition) is 7. The Bertz CT molecular complexity index is 1060. The highest BCUT2D eigenvalue weighted by molar-refractivity contribution is 5.64. The van der Waals surface area contributed by atoms with Crippen LogP contribution in [0, 0.1) is 5.92 Å². The quantitative estimate of drug-likeness (QED) is 0.704. The van der Waals surface area contributed by atoms with Gasteiger partial charge in [-0.3, -0.25) is 4.90 Å². The van der Waals surface area contributed by atoms with Gasteiger partial charge >= 0.3 is 6.36 Å². The maximum absolute atomic E-state index is 12.8. The standard InChI is InChI=1S/C23H28F3N5O3/c24-23(25,26)34-19-7-15(11-28-20(19)27)17-12-31(21(29-17)14-1-4-33-13-14)18-10-22(8-16(18)9-22)30-2-5-32-6-3-30/h7,11-12,14,16,18H,1-6,8-10,13H2,(H2,27,28). The van der Waals surface area contributed by atoms with Gasteiger partial charge in [-0.05, 0) is 37.7 Å². The number of morpholine rings is 1. The molecule has 4 heterocycles. The molecule has 2 unspecified atom stereocenters. The summed E-state index contributed by atoms with van der Waals surface area (Å²) in [6.45, 7) is 4.79. The van der Waals surface area contributed by atoms with Crippen molar-refractivity contribution in [2.75, 3.05) is 45.3 Å². The van der Waals surface area contributed by atoms with Gasteiger partial charge in [0.05, 0.1) is 25.5 Å². The zero-order valence-electron chi connectivity index (χ0n) is 18.8. The molecule has 0 aromatic carbocycles.